The zero-order valence-corrected chi connectivity index (χ0v) is 46.8. The third kappa shape index (κ3) is 17.2. The number of aliphatic hydroxyl groups excluding tert-OH is 15. The first-order chi connectivity index (χ1) is 38.4. The van der Waals surface area contributed by atoms with Gasteiger partial charge in [-0.15, -0.1) is 0 Å². The molecule has 0 radical (unpaired) electrons. The maximum atomic E-state index is 12.6. The average molecular weight is 1180 g/mol. The van der Waals surface area contributed by atoms with Gasteiger partial charge in [0.05, 0.1) is 55.9 Å². The first-order valence-corrected chi connectivity index (χ1v) is 28.9. The molecule has 0 aromatic heterocycles. The van der Waals surface area contributed by atoms with E-state index in [1.165, 1.54) is 27.7 Å². The maximum absolute atomic E-state index is 12.6. The van der Waals surface area contributed by atoms with E-state index >= 15 is 0 Å². The molecule has 0 amide bonds. The van der Waals surface area contributed by atoms with E-state index < -0.39 is 216 Å². The number of hydrogen-bond acceptors (Lipinski definition) is 27. The first-order valence-electron chi connectivity index (χ1n) is 28.9. The van der Waals surface area contributed by atoms with Gasteiger partial charge in [-0.3, -0.25) is 4.79 Å². The summed E-state index contributed by atoms with van der Waals surface area (Å²) in [4.78, 5) is 10.9. The van der Waals surface area contributed by atoms with Crippen LogP contribution < -0.4 is 0 Å². The molecule has 81 heavy (non-hydrogen) atoms. The largest absolute Gasteiger partial charge is 0.481 e. The molecule has 16 N–H and O–H groups in total. The minimum absolute atomic E-state index is 0.134. The fourth-order valence-electron chi connectivity index (χ4n) is 11.6. The van der Waals surface area contributed by atoms with Gasteiger partial charge in [-0.2, -0.15) is 0 Å². The van der Waals surface area contributed by atoms with Crippen LogP contribution in [0, 0.1) is 5.92 Å². The molecule has 6 aliphatic rings. The Morgan fingerprint density at radius 1 is 0.395 bits per heavy atom. The summed E-state index contributed by atoms with van der Waals surface area (Å²) in [7, 11) is 0. The molecule has 0 bridgehead atoms. The number of aliphatic carboxylic acids is 1. The van der Waals surface area contributed by atoms with Gasteiger partial charge in [0.2, 0.25) is 0 Å². The molecule has 31 atom stereocenters. The van der Waals surface area contributed by atoms with E-state index in [0.29, 0.717) is 19.3 Å². The number of ether oxygens (including phenoxy) is 11. The Kier molecular flexibility index (Phi) is 27.0. The van der Waals surface area contributed by atoms with Crippen molar-refractivity contribution in [3.63, 3.8) is 0 Å². The molecule has 0 aliphatic carbocycles. The fourth-order valence-corrected chi connectivity index (χ4v) is 11.6. The topological polar surface area (TPSA) is 442 Å². The van der Waals surface area contributed by atoms with E-state index in [4.69, 9.17) is 57.2 Å². The summed E-state index contributed by atoms with van der Waals surface area (Å²) < 4.78 is 67.6. The van der Waals surface area contributed by atoms with Crippen molar-refractivity contribution in [3.05, 3.63) is 0 Å². The molecule has 0 saturated carbocycles. The highest BCUT2D eigenvalue weighted by Gasteiger charge is 2.58. The van der Waals surface area contributed by atoms with Crippen LogP contribution in [-0.2, 0) is 56.9 Å². The molecule has 6 saturated heterocycles. The summed E-state index contributed by atoms with van der Waals surface area (Å²) >= 11 is 0. The van der Waals surface area contributed by atoms with E-state index in [1.807, 2.05) is 0 Å². The van der Waals surface area contributed by atoms with Gasteiger partial charge in [-0.05, 0) is 53.4 Å². The molecule has 28 heteroatoms. The molecule has 0 spiro atoms. The maximum Gasteiger partial charge on any atom is 0.303 e. The standard InChI is InChI=1S/C53H94O28/c1-6-7-13-16-26(17-14-11-9-8-10-12-15-18-31(56)57)75-52-47(40(66)34(60)24(4)73-52)81-53-48(42(68)37(63)30(21-55)77-53)80-49-35(61)27(45(25(5)74-49)78-50-43(69)38(64)32(58)22(2)71-50)19-28-46(41(67)36(62)29(20-54)76-28)79-51-44(70)39(65)33(59)23(3)72-51/h22-30,32-55,58-70H,6-21H2,1-5H3,(H,56,57). The van der Waals surface area contributed by atoms with E-state index in [1.54, 1.807) is 0 Å². The third-order valence-corrected chi connectivity index (χ3v) is 16.7. The van der Waals surface area contributed by atoms with Crippen molar-refractivity contribution in [1.82, 2.24) is 0 Å². The molecule has 6 aliphatic heterocycles. The number of hydrogen-bond donors (Lipinski definition) is 16. The molecule has 28 nitrogen and oxygen atoms in total. The van der Waals surface area contributed by atoms with E-state index in [9.17, 15) is 81.4 Å². The van der Waals surface area contributed by atoms with Crippen LogP contribution in [0.5, 0.6) is 0 Å². The molecule has 0 aromatic rings. The fraction of sp³-hybridized carbons (Fsp3) is 0.981. The summed E-state index contributed by atoms with van der Waals surface area (Å²) in [6, 6.07) is 0. The van der Waals surface area contributed by atoms with E-state index in [-0.39, 0.29) is 6.42 Å². The Balaban J connectivity index is 1.28. The molecule has 6 heterocycles. The number of unbranched alkanes of at least 4 members (excludes halogenated alkanes) is 8. The van der Waals surface area contributed by atoms with E-state index in [2.05, 4.69) is 6.92 Å². The van der Waals surface area contributed by atoms with Gasteiger partial charge in [0.25, 0.3) is 0 Å². The van der Waals surface area contributed by atoms with E-state index in [0.717, 1.165) is 57.8 Å². The van der Waals surface area contributed by atoms with Crippen molar-refractivity contribution in [2.45, 2.75) is 309 Å². The Hall–Kier alpha value is -1.57. The van der Waals surface area contributed by atoms with Crippen LogP contribution in [0.25, 0.3) is 0 Å². The number of carboxylic acids is 1. The highest BCUT2D eigenvalue weighted by atomic mass is 16.8. The predicted molar refractivity (Wildman–Crippen MR) is 273 cm³/mol. The van der Waals surface area contributed by atoms with Crippen molar-refractivity contribution in [1.29, 1.82) is 0 Å². The van der Waals surface area contributed by atoms with Gasteiger partial charge in [-0.25, -0.2) is 0 Å². The molecular formula is C53H94O28. The molecule has 474 valence electrons. The van der Waals surface area contributed by atoms with Gasteiger partial charge < -0.3 is 134 Å². The Labute approximate surface area is 471 Å². The van der Waals surface area contributed by atoms with Crippen molar-refractivity contribution in [2.75, 3.05) is 13.2 Å². The quantitative estimate of drug-likeness (QED) is 0.0335. The predicted octanol–water partition coefficient (Wildman–Crippen LogP) is -3.76. The minimum Gasteiger partial charge on any atom is -0.481 e. The third-order valence-electron chi connectivity index (χ3n) is 16.7. The van der Waals surface area contributed by atoms with Crippen molar-refractivity contribution < 1.29 is 139 Å². The van der Waals surface area contributed by atoms with Gasteiger partial charge in [0.15, 0.2) is 31.5 Å². The Morgan fingerprint density at radius 2 is 0.802 bits per heavy atom. The van der Waals surface area contributed by atoms with Crippen molar-refractivity contribution >= 4 is 5.97 Å². The zero-order chi connectivity index (χ0) is 59.6. The summed E-state index contributed by atoms with van der Waals surface area (Å²) in [5.74, 6) is -2.25. The lowest BCUT2D eigenvalue weighted by Gasteiger charge is -2.51. The second-order valence-electron chi connectivity index (χ2n) is 22.8. The lowest BCUT2D eigenvalue weighted by Crippen LogP contribution is -2.67. The summed E-state index contributed by atoms with van der Waals surface area (Å²) in [6.07, 6.45) is -38.8. The van der Waals surface area contributed by atoms with Crippen LogP contribution in [0.2, 0.25) is 0 Å². The molecule has 31 unspecified atom stereocenters. The highest BCUT2D eigenvalue weighted by molar-refractivity contribution is 5.66. The molecule has 6 fully saturated rings. The van der Waals surface area contributed by atoms with Crippen LogP contribution >= 0.6 is 0 Å². The summed E-state index contributed by atoms with van der Waals surface area (Å²) in [5, 5.41) is 175. The minimum atomic E-state index is -2.01. The number of rotatable bonds is 28. The smallest absolute Gasteiger partial charge is 0.303 e. The summed E-state index contributed by atoms with van der Waals surface area (Å²) in [6.45, 7) is 6.08. The second-order valence-corrected chi connectivity index (χ2v) is 22.8. The number of carbonyl (C=O) groups is 1. The SMILES string of the molecule is CCCCCC(CCCCCCCCCC(=O)O)OC1OC(C)C(O)C(O)C1OC1OC(CO)C(O)C(O)C1OC1OC(C)C(OC2OC(C)C(O)C(O)C2O)C(CC2OC(CO)C(O)C(O)C2OC2OC(C)C(O)C(O)C2O)C1O. The molecule has 0 aromatic carbocycles. The number of carboxylic acid groups (broad SMARTS) is 1. The zero-order valence-electron chi connectivity index (χ0n) is 46.8. The number of aliphatic hydroxyl groups is 15. The van der Waals surface area contributed by atoms with Crippen LogP contribution in [0.1, 0.15) is 125 Å². The van der Waals surface area contributed by atoms with Crippen LogP contribution in [0.15, 0.2) is 0 Å². The average Bonchev–Trinajstić information content (AvgIpc) is 3.52. The van der Waals surface area contributed by atoms with Crippen LogP contribution in [0.4, 0.5) is 0 Å². The summed E-state index contributed by atoms with van der Waals surface area (Å²) in [5.41, 5.74) is 0. The monoisotopic (exact) mass is 1180 g/mol. The van der Waals surface area contributed by atoms with Gasteiger partial charge >= 0.3 is 5.97 Å². The Morgan fingerprint density at radius 3 is 1.35 bits per heavy atom. The lowest BCUT2D eigenvalue weighted by atomic mass is 9.81. The second kappa shape index (κ2) is 31.9. The van der Waals surface area contributed by atoms with Crippen LogP contribution in [0.3, 0.4) is 0 Å². The van der Waals surface area contributed by atoms with Crippen molar-refractivity contribution in [2.24, 2.45) is 5.92 Å². The molecule has 6 rings (SSSR count). The van der Waals surface area contributed by atoms with Gasteiger partial charge in [-0.1, -0.05) is 64.7 Å². The first kappa shape index (κ1) is 68.5. The normalized spacial score (nSPS) is 46.6. The van der Waals surface area contributed by atoms with Gasteiger partial charge in [0, 0.05) is 12.3 Å². The van der Waals surface area contributed by atoms with Crippen molar-refractivity contribution in [3.8, 4) is 0 Å². The van der Waals surface area contributed by atoms with Gasteiger partial charge in [0.1, 0.15) is 110 Å². The van der Waals surface area contributed by atoms with Crippen LogP contribution in [-0.4, -0.2) is 285 Å². The lowest BCUT2D eigenvalue weighted by molar-refractivity contribution is -0.398. The molecular weight excluding hydrogens is 1080 g/mol. The highest BCUT2D eigenvalue weighted by Crippen LogP contribution is 2.41. The Bertz CT molecular complexity index is 1830.